The fourth-order valence-corrected chi connectivity index (χ4v) is 2.58. The van der Waals surface area contributed by atoms with E-state index in [1.165, 1.54) is 0 Å². The van der Waals surface area contributed by atoms with Crippen molar-refractivity contribution in [2.24, 2.45) is 0 Å². The Balaban J connectivity index is 1.81. The standard InChI is InChI=1S/C19H19NO3/c1-12-5-4-6-18(13(12)2)23-19(21)9-14-11-20-17-8-7-15(22-3)10-16(14)17/h4-8,10-11,20H,9H2,1-3H3. The lowest BCUT2D eigenvalue weighted by molar-refractivity contribution is -0.133. The first-order chi connectivity index (χ1) is 11.1. The fraction of sp³-hybridized carbons (Fsp3) is 0.211. The maximum Gasteiger partial charge on any atom is 0.315 e. The van der Waals surface area contributed by atoms with Crippen molar-refractivity contribution in [2.45, 2.75) is 20.3 Å². The highest BCUT2D eigenvalue weighted by Gasteiger charge is 2.13. The van der Waals surface area contributed by atoms with Crippen LogP contribution in [0.3, 0.4) is 0 Å². The molecule has 0 amide bonds. The monoisotopic (exact) mass is 309 g/mol. The first-order valence-electron chi connectivity index (χ1n) is 7.49. The van der Waals surface area contributed by atoms with E-state index in [-0.39, 0.29) is 12.4 Å². The Morgan fingerprint density at radius 1 is 1.17 bits per heavy atom. The van der Waals surface area contributed by atoms with Crippen LogP contribution in [0.15, 0.2) is 42.6 Å². The number of aromatic amines is 1. The van der Waals surface area contributed by atoms with E-state index in [0.29, 0.717) is 5.75 Å². The van der Waals surface area contributed by atoms with Crippen molar-refractivity contribution in [3.63, 3.8) is 0 Å². The number of hydrogen-bond donors (Lipinski definition) is 1. The molecule has 118 valence electrons. The van der Waals surface area contributed by atoms with E-state index in [1.54, 1.807) is 7.11 Å². The zero-order valence-corrected chi connectivity index (χ0v) is 13.5. The molecule has 0 fully saturated rings. The Kier molecular flexibility index (Phi) is 4.06. The second kappa shape index (κ2) is 6.16. The predicted octanol–water partition coefficient (Wildman–Crippen LogP) is 3.94. The first kappa shape index (κ1) is 15.2. The van der Waals surface area contributed by atoms with Crippen LogP contribution in [0.4, 0.5) is 0 Å². The van der Waals surface area contributed by atoms with Crippen LogP contribution in [0.25, 0.3) is 10.9 Å². The van der Waals surface area contributed by atoms with Crippen LogP contribution in [0.2, 0.25) is 0 Å². The summed E-state index contributed by atoms with van der Waals surface area (Å²) in [6, 6.07) is 11.5. The second-order valence-corrected chi connectivity index (χ2v) is 5.57. The van der Waals surface area contributed by atoms with Crippen LogP contribution in [0.1, 0.15) is 16.7 Å². The molecule has 0 bridgehead atoms. The lowest BCUT2D eigenvalue weighted by Gasteiger charge is -2.09. The minimum atomic E-state index is -0.276. The number of esters is 1. The molecule has 1 aromatic heterocycles. The molecule has 23 heavy (non-hydrogen) atoms. The van der Waals surface area contributed by atoms with Crippen LogP contribution < -0.4 is 9.47 Å². The van der Waals surface area contributed by atoms with Gasteiger partial charge in [-0.2, -0.15) is 0 Å². The number of H-pyrrole nitrogens is 1. The van der Waals surface area contributed by atoms with E-state index in [4.69, 9.17) is 9.47 Å². The van der Waals surface area contributed by atoms with Gasteiger partial charge in [-0.05, 0) is 54.8 Å². The molecule has 4 nitrogen and oxygen atoms in total. The molecule has 3 aromatic rings. The summed E-state index contributed by atoms with van der Waals surface area (Å²) >= 11 is 0. The van der Waals surface area contributed by atoms with Crippen molar-refractivity contribution in [3.05, 3.63) is 59.3 Å². The van der Waals surface area contributed by atoms with E-state index < -0.39 is 0 Å². The van der Waals surface area contributed by atoms with E-state index in [9.17, 15) is 4.79 Å². The van der Waals surface area contributed by atoms with Crippen LogP contribution >= 0.6 is 0 Å². The van der Waals surface area contributed by atoms with Gasteiger partial charge in [-0.1, -0.05) is 12.1 Å². The highest BCUT2D eigenvalue weighted by atomic mass is 16.5. The SMILES string of the molecule is COc1ccc2[nH]cc(CC(=O)Oc3cccc(C)c3C)c2c1. The van der Waals surface area contributed by atoms with Crippen molar-refractivity contribution in [1.82, 2.24) is 4.98 Å². The lowest BCUT2D eigenvalue weighted by atomic mass is 10.1. The van der Waals surface area contributed by atoms with Gasteiger partial charge in [0.05, 0.1) is 13.5 Å². The smallest absolute Gasteiger partial charge is 0.315 e. The van der Waals surface area contributed by atoms with Gasteiger partial charge < -0.3 is 14.5 Å². The van der Waals surface area contributed by atoms with E-state index in [0.717, 1.165) is 33.3 Å². The summed E-state index contributed by atoms with van der Waals surface area (Å²) < 4.78 is 10.8. The molecule has 0 spiro atoms. The van der Waals surface area contributed by atoms with Gasteiger partial charge in [-0.25, -0.2) is 0 Å². The number of ether oxygens (including phenoxy) is 2. The summed E-state index contributed by atoms with van der Waals surface area (Å²) in [5.74, 6) is 1.11. The maximum absolute atomic E-state index is 12.3. The molecule has 0 saturated heterocycles. The molecule has 0 radical (unpaired) electrons. The van der Waals surface area contributed by atoms with Crippen LogP contribution in [-0.4, -0.2) is 18.1 Å². The zero-order chi connectivity index (χ0) is 16.4. The van der Waals surface area contributed by atoms with Gasteiger partial charge in [0.15, 0.2) is 0 Å². The molecule has 4 heteroatoms. The summed E-state index contributed by atoms with van der Waals surface area (Å²) in [7, 11) is 1.63. The van der Waals surface area contributed by atoms with Gasteiger partial charge in [0.1, 0.15) is 11.5 Å². The highest BCUT2D eigenvalue weighted by molar-refractivity contribution is 5.88. The minimum absolute atomic E-state index is 0.209. The van der Waals surface area contributed by atoms with Gasteiger partial charge >= 0.3 is 5.97 Å². The van der Waals surface area contributed by atoms with E-state index in [2.05, 4.69) is 4.98 Å². The number of aryl methyl sites for hydroxylation is 1. The third kappa shape index (κ3) is 3.06. The lowest BCUT2D eigenvalue weighted by Crippen LogP contribution is -2.12. The molecule has 1 heterocycles. The van der Waals surface area contributed by atoms with Crippen molar-refractivity contribution in [2.75, 3.05) is 7.11 Å². The van der Waals surface area contributed by atoms with Crippen molar-refractivity contribution in [1.29, 1.82) is 0 Å². The summed E-state index contributed by atoms with van der Waals surface area (Å²) in [5, 5.41) is 0.974. The molecule has 0 aliphatic rings. The molecule has 3 rings (SSSR count). The Bertz CT molecular complexity index is 864. The summed E-state index contributed by atoms with van der Waals surface area (Å²) in [6.07, 6.45) is 2.05. The second-order valence-electron chi connectivity index (χ2n) is 5.57. The van der Waals surface area contributed by atoms with Crippen LogP contribution in [0.5, 0.6) is 11.5 Å². The molecular weight excluding hydrogens is 290 g/mol. The number of carbonyl (C=O) groups excluding carboxylic acids is 1. The molecule has 0 unspecified atom stereocenters. The molecule has 0 saturated carbocycles. The van der Waals surface area contributed by atoms with Gasteiger partial charge in [-0.3, -0.25) is 4.79 Å². The predicted molar refractivity (Wildman–Crippen MR) is 90.1 cm³/mol. The third-order valence-electron chi connectivity index (χ3n) is 4.09. The molecule has 0 aliphatic heterocycles. The molecule has 0 aliphatic carbocycles. The summed E-state index contributed by atoms with van der Waals surface area (Å²) in [5.41, 5.74) is 3.96. The Morgan fingerprint density at radius 3 is 2.78 bits per heavy atom. The van der Waals surface area contributed by atoms with E-state index >= 15 is 0 Å². The summed E-state index contributed by atoms with van der Waals surface area (Å²) in [4.78, 5) is 15.4. The number of rotatable bonds is 4. The first-order valence-corrected chi connectivity index (χ1v) is 7.49. The van der Waals surface area contributed by atoms with E-state index in [1.807, 2.05) is 56.4 Å². The molecule has 0 atom stereocenters. The number of nitrogens with one attached hydrogen (secondary N) is 1. The van der Waals surface area contributed by atoms with Gasteiger partial charge in [0.25, 0.3) is 0 Å². The Hall–Kier alpha value is -2.75. The molecule has 1 N–H and O–H groups in total. The normalized spacial score (nSPS) is 10.7. The average Bonchev–Trinajstić information content (AvgIpc) is 2.94. The number of carbonyl (C=O) groups is 1. The molecular formula is C19H19NO3. The van der Waals surface area contributed by atoms with Crippen molar-refractivity contribution in [3.8, 4) is 11.5 Å². The largest absolute Gasteiger partial charge is 0.497 e. The average molecular weight is 309 g/mol. The number of methoxy groups -OCH3 is 1. The van der Waals surface area contributed by atoms with Gasteiger partial charge in [0, 0.05) is 17.1 Å². The fourth-order valence-electron chi connectivity index (χ4n) is 2.58. The maximum atomic E-state index is 12.3. The van der Waals surface area contributed by atoms with Crippen LogP contribution in [-0.2, 0) is 11.2 Å². The van der Waals surface area contributed by atoms with Gasteiger partial charge in [-0.15, -0.1) is 0 Å². The topological polar surface area (TPSA) is 51.3 Å². The summed E-state index contributed by atoms with van der Waals surface area (Å²) in [6.45, 7) is 3.95. The number of fused-ring (bicyclic) bond motifs is 1. The third-order valence-corrected chi connectivity index (χ3v) is 4.09. The van der Waals surface area contributed by atoms with Crippen molar-refractivity contribution < 1.29 is 14.3 Å². The zero-order valence-electron chi connectivity index (χ0n) is 13.5. The minimum Gasteiger partial charge on any atom is -0.497 e. The van der Waals surface area contributed by atoms with Crippen LogP contribution in [0, 0.1) is 13.8 Å². The quantitative estimate of drug-likeness (QED) is 0.586. The number of benzene rings is 2. The van der Waals surface area contributed by atoms with Gasteiger partial charge in [0.2, 0.25) is 0 Å². The number of hydrogen-bond acceptors (Lipinski definition) is 3. The highest BCUT2D eigenvalue weighted by Crippen LogP contribution is 2.25. The molecule has 2 aromatic carbocycles. The Morgan fingerprint density at radius 2 is 2.00 bits per heavy atom. The number of aromatic nitrogens is 1. The van der Waals surface area contributed by atoms with Crippen molar-refractivity contribution >= 4 is 16.9 Å². The Labute approximate surface area is 135 Å².